The molecule has 188 valence electrons. The van der Waals surface area contributed by atoms with E-state index in [9.17, 15) is 14.7 Å². The Labute approximate surface area is 208 Å². The molecule has 1 saturated heterocycles. The number of rotatable bonds is 6. The molecule has 3 atom stereocenters. The third-order valence-electron chi connectivity index (χ3n) is 8.17. The van der Waals surface area contributed by atoms with E-state index in [1.54, 1.807) is 6.92 Å². The van der Waals surface area contributed by atoms with Crippen LogP contribution < -0.4 is 15.1 Å². The van der Waals surface area contributed by atoms with Gasteiger partial charge in [-0.2, -0.15) is 0 Å². The molecule has 4 rings (SSSR count). The van der Waals surface area contributed by atoms with Gasteiger partial charge in [0, 0.05) is 37.2 Å². The van der Waals surface area contributed by atoms with Crippen molar-refractivity contribution in [2.75, 3.05) is 26.7 Å². The van der Waals surface area contributed by atoms with Crippen LogP contribution in [0.1, 0.15) is 57.2 Å². The lowest BCUT2D eigenvalue weighted by molar-refractivity contribution is -0.129. The summed E-state index contributed by atoms with van der Waals surface area (Å²) in [5.74, 6) is 0.0638. The maximum atomic E-state index is 12.8. The van der Waals surface area contributed by atoms with Crippen molar-refractivity contribution in [3.05, 3.63) is 53.6 Å². The van der Waals surface area contributed by atoms with Crippen molar-refractivity contribution < 1.29 is 14.7 Å². The summed E-state index contributed by atoms with van der Waals surface area (Å²) in [5, 5.41) is 16.9. The van der Waals surface area contributed by atoms with Crippen LogP contribution in [-0.4, -0.2) is 60.8 Å². The van der Waals surface area contributed by atoms with Gasteiger partial charge < -0.3 is 20.6 Å². The van der Waals surface area contributed by atoms with Crippen LogP contribution in [0.5, 0.6) is 0 Å². The summed E-state index contributed by atoms with van der Waals surface area (Å²) in [7, 11) is 1.95. The van der Waals surface area contributed by atoms with Crippen molar-refractivity contribution >= 4 is 17.7 Å². The smallest absolute Gasteiger partial charge is 0.407 e. The zero-order chi connectivity index (χ0) is 25.2. The second-order valence-corrected chi connectivity index (χ2v) is 10.1. The van der Waals surface area contributed by atoms with Gasteiger partial charge in [-0.15, -0.1) is 0 Å². The number of carbonyl (C=O) groups excluding carboxylic acids is 1. The van der Waals surface area contributed by atoms with Crippen molar-refractivity contribution in [3.63, 3.8) is 0 Å². The molecular formula is C28H39N4O3+. The molecule has 0 spiro atoms. The molecule has 35 heavy (non-hydrogen) atoms. The van der Waals surface area contributed by atoms with E-state index in [4.69, 9.17) is 0 Å². The van der Waals surface area contributed by atoms with Gasteiger partial charge in [-0.3, -0.25) is 0 Å². The Morgan fingerprint density at radius 1 is 1.11 bits per heavy atom. The van der Waals surface area contributed by atoms with Crippen LogP contribution in [0.3, 0.4) is 0 Å². The minimum Gasteiger partial charge on any atom is -0.465 e. The van der Waals surface area contributed by atoms with Gasteiger partial charge in [-0.25, -0.2) is 14.1 Å². The lowest BCUT2D eigenvalue weighted by Crippen LogP contribution is -2.60. The highest BCUT2D eigenvalue weighted by molar-refractivity contribution is 5.89. The molecule has 1 unspecified atom stereocenters. The fraction of sp³-hybridized carbons (Fsp3) is 0.500. The summed E-state index contributed by atoms with van der Waals surface area (Å²) in [6, 6.07) is 15.0. The molecule has 0 saturated carbocycles. The summed E-state index contributed by atoms with van der Waals surface area (Å²) < 4.78 is 0.185. The topological polar surface area (TPSA) is 81.7 Å². The summed E-state index contributed by atoms with van der Waals surface area (Å²) >= 11 is 0. The van der Waals surface area contributed by atoms with Crippen LogP contribution in [0.15, 0.2) is 42.5 Å². The van der Waals surface area contributed by atoms with Crippen LogP contribution >= 0.6 is 0 Å². The highest BCUT2D eigenvalue weighted by Gasteiger charge is 2.47. The minimum absolute atomic E-state index is 0.0176. The first-order valence-corrected chi connectivity index (χ1v) is 12.8. The van der Waals surface area contributed by atoms with Crippen LogP contribution in [0.25, 0.3) is 11.1 Å². The van der Waals surface area contributed by atoms with Gasteiger partial charge in [0.15, 0.2) is 0 Å². The second-order valence-electron chi connectivity index (χ2n) is 10.1. The number of carboxylic acid groups (broad SMARTS) is 1. The van der Waals surface area contributed by atoms with Gasteiger partial charge in [0.05, 0.1) is 26.1 Å². The Morgan fingerprint density at radius 3 is 2.37 bits per heavy atom. The van der Waals surface area contributed by atoms with Gasteiger partial charge in [0.2, 0.25) is 0 Å². The molecule has 2 amide bonds. The monoisotopic (exact) mass is 479 g/mol. The van der Waals surface area contributed by atoms with Gasteiger partial charge in [-0.1, -0.05) is 24.3 Å². The Kier molecular flexibility index (Phi) is 7.59. The molecule has 0 bridgehead atoms. The first kappa shape index (κ1) is 25.4. The van der Waals surface area contributed by atoms with Gasteiger partial charge in [0.25, 0.3) is 0 Å². The van der Waals surface area contributed by atoms with E-state index in [-0.39, 0.29) is 22.5 Å². The number of nitrogens with one attached hydrogen (secondary N) is 2. The number of amides is 2. The zero-order valence-corrected chi connectivity index (χ0v) is 21.4. The highest BCUT2D eigenvalue weighted by Crippen LogP contribution is 2.45. The number of piperidine rings is 1. The predicted molar refractivity (Wildman–Crippen MR) is 140 cm³/mol. The maximum Gasteiger partial charge on any atom is 0.407 e. The summed E-state index contributed by atoms with van der Waals surface area (Å²) in [5.41, 5.74) is 5.20. The van der Waals surface area contributed by atoms with Crippen molar-refractivity contribution in [1.29, 1.82) is 0 Å². The molecule has 3 N–H and O–H groups in total. The number of quaternary nitrogens is 1. The third kappa shape index (κ3) is 4.99. The molecule has 7 nitrogen and oxygen atoms in total. The standard InChI is InChI=1S/C28H38N4O3/c1-5-31(28(34)35)26-16-19(2)32(4,20(3)33)27-11-10-23(17-25(26)27)22-8-6-21(7-9-22)18-30-24-12-14-29-15-13-24/h6-11,17,19,24,26,29-30H,5,12-16,18H2,1-4H3/p+1/t19-,26?,32+/m0/s1. The first-order valence-electron chi connectivity index (χ1n) is 12.8. The Bertz CT molecular complexity index is 1060. The number of nitrogens with zero attached hydrogens (tertiary/aromatic N) is 2. The number of carbonyl (C=O) groups is 2. The normalized spacial score (nSPS) is 24.6. The molecule has 2 aliphatic rings. The average Bonchev–Trinajstić information content (AvgIpc) is 2.86. The Hall–Kier alpha value is -2.74. The van der Waals surface area contributed by atoms with E-state index >= 15 is 0 Å². The molecule has 0 aliphatic carbocycles. The number of benzene rings is 2. The molecule has 0 aromatic heterocycles. The van der Waals surface area contributed by atoms with Gasteiger partial charge >= 0.3 is 12.0 Å². The summed E-state index contributed by atoms with van der Waals surface area (Å²) in [4.78, 5) is 26.3. The Balaban J connectivity index is 1.64. The number of fused-ring (bicyclic) bond motifs is 1. The molecule has 2 aromatic carbocycles. The lowest BCUT2D eigenvalue weighted by atomic mass is 9.86. The van der Waals surface area contributed by atoms with Crippen molar-refractivity contribution in [1.82, 2.24) is 20.0 Å². The summed E-state index contributed by atoms with van der Waals surface area (Å²) in [6.45, 7) is 8.94. The van der Waals surface area contributed by atoms with Crippen LogP contribution in [0.4, 0.5) is 10.5 Å². The predicted octanol–water partition coefficient (Wildman–Crippen LogP) is 4.51. The van der Waals surface area contributed by atoms with Gasteiger partial charge in [0.1, 0.15) is 5.69 Å². The van der Waals surface area contributed by atoms with E-state index < -0.39 is 6.09 Å². The maximum absolute atomic E-state index is 12.8. The average molecular weight is 480 g/mol. The van der Waals surface area contributed by atoms with E-state index in [0.717, 1.165) is 54.9 Å². The molecule has 1 fully saturated rings. The molecule has 2 heterocycles. The quantitative estimate of drug-likeness (QED) is 0.531. The van der Waals surface area contributed by atoms with Crippen molar-refractivity contribution in [3.8, 4) is 11.1 Å². The van der Waals surface area contributed by atoms with Crippen LogP contribution in [-0.2, 0) is 11.3 Å². The summed E-state index contributed by atoms with van der Waals surface area (Å²) in [6.07, 6.45) is 2.00. The number of hydrogen-bond donors (Lipinski definition) is 3. The van der Waals surface area contributed by atoms with E-state index in [1.165, 1.54) is 10.5 Å². The fourth-order valence-electron chi connectivity index (χ4n) is 5.69. The Morgan fingerprint density at radius 2 is 1.77 bits per heavy atom. The molecule has 2 aliphatic heterocycles. The van der Waals surface area contributed by atoms with Crippen molar-refractivity contribution in [2.45, 2.75) is 64.7 Å². The molecule has 7 heteroatoms. The minimum atomic E-state index is -0.925. The first-order chi connectivity index (χ1) is 16.8. The van der Waals surface area contributed by atoms with E-state index in [2.05, 4.69) is 47.0 Å². The largest absolute Gasteiger partial charge is 0.465 e. The zero-order valence-electron chi connectivity index (χ0n) is 21.4. The van der Waals surface area contributed by atoms with Gasteiger partial charge in [-0.05, 0) is 68.6 Å². The third-order valence-corrected chi connectivity index (χ3v) is 8.17. The van der Waals surface area contributed by atoms with Crippen LogP contribution in [0.2, 0.25) is 0 Å². The second kappa shape index (κ2) is 10.5. The van der Waals surface area contributed by atoms with E-state index in [1.807, 2.05) is 27.0 Å². The molecule has 2 aromatic rings. The highest BCUT2D eigenvalue weighted by atomic mass is 16.4. The SMILES string of the molecule is CCN(C(=O)O)C1C[C@H](C)[N@+](C)(C(C)=O)c2ccc(-c3ccc(CNC4CCNCC4)cc3)cc21. The van der Waals surface area contributed by atoms with Crippen LogP contribution in [0, 0.1) is 0 Å². The molecular weight excluding hydrogens is 440 g/mol. The number of hydrogen-bond acceptors (Lipinski definition) is 4. The van der Waals surface area contributed by atoms with E-state index in [0.29, 0.717) is 19.0 Å². The molecule has 0 radical (unpaired) electrons. The van der Waals surface area contributed by atoms with Crippen molar-refractivity contribution in [2.24, 2.45) is 0 Å². The fourth-order valence-corrected chi connectivity index (χ4v) is 5.69. The lowest BCUT2D eigenvalue weighted by Gasteiger charge is -2.45.